The Morgan fingerprint density at radius 3 is 1.92 bits per heavy atom. The van der Waals surface area contributed by atoms with Gasteiger partial charge in [0.2, 0.25) is 0 Å². The summed E-state index contributed by atoms with van der Waals surface area (Å²) in [5.41, 5.74) is 2.50. The molecule has 1 saturated heterocycles. The highest BCUT2D eigenvalue weighted by molar-refractivity contribution is 5.32. The van der Waals surface area contributed by atoms with Gasteiger partial charge < -0.3 is 14.3 Å². The standard InChI is InChI=1S/C22H30NO2/c1-23(14-8-9-15-23)16-21(24)17-25-18-22(19-10-4-2-5-11-19)20-12-6-3-7-13-20/h2-7,10-13,21-22,24H,8-9,14-18H2,1H3/q+1. The molecule has 1 unspecified atom stereocenters. The van der Waals surface area contributed by atoms with E-state index in [9.17, 15) is 5.11 Å². The van der Waals surface area contributed by atoms with E-state index < -0.39 is 6.10 Å². The summed E-state index contributed by atoms with van der Waals surface area (Å²) in [5.74, 6) is 0.200. The van der Waals surface area contributed by atoms with Crippen molar-refractivity contribution >= 4 is 0 Å². The number of quaternary nitrogens is 1. The third-order valence-corrected chi connectivity index (χ3v) is 5.30. The lowest BCUT2D eigenvalue weighted by Crippen LogP contribution is -2.47. The topological polar surface area (TPSA) is 29.5 Å². The number of likely N-dealkylation sites (N-methyl/N-ethyl adjacent to an activating group) is 1. The Balaban J connectivity index is 1.58. The molecule has 2 aromatic rings. The van der Waals surface area contributed by atoms with E-state index >= 15 is 0 Å². The molecule has 0 aliphatic carbocycles. The Bertz CT molecular complexity index is 583. The maximum Gasteiger partial charge on any atom is 0.126 e. The zero-order valence-electron chi connectivity index (χ0n) is 15.2. The predicted octanol–water partition coefficient (Wildman–Crippen LogP) is 3.44. The highest BCUT2D eigenvalue weighted by Gasteiger charge is 2.29. The fourth-order valence-electron chi connectivity index (χ4n) is 3.92. The van der Waals surface area contributed by atoms with Crippen LogP contribution < -0.4 is 0 Å². The molecule has 1 N–H and O–H groups in total. The van der Waals surface area contributed by atoms with Gasteiger partial charge in [0, 0.05) is 18.8 Å². The highest BCUT2D eigenvalue weighted by Crippen LogP contribution is 2.25. The summed E-state index contributed by atoms with van der Waals surface area (Å²) in [6, 6.07) is 20.9. The lowest BCUT2D eigenvalue weighted by molar-refractivity contribution is -0.900. The second-order valence-electron chi connectivity index (χ2n) is 7.52. The molecular formula is C22H30NO2+. The molecule has 0 aromatic heterocycles. The van der Waals surface area contributed by atoms with Crippen molar-refractivity contribution in [2.45, 2.75) is 24.9 Å². The van der Waals surface area contributed by atoms with Crippen molar-refractivity contribution in [1.29, 1.82) is 0 Å². The van der Waals surface area contributed by atoms with Gasteiger partial charge in [0.15, 0.2) is 0 Å². The maximum atomic E-state index is 10.4. The molecule has 1 fully saturated rings. The summed E-state index contributed by atoms with van der Waals surface area (Å²) < 4.78 is 6.94. The van der Waals surface area contributed by atoms with Crippen LogP contribution in [-0.2, 0) is 4.74 Å². The number of ether oxygens (including phenoxy) is 1. The second-order valence-corrected chi connectivity index (χ2v) is 7.52. The van der Waals surface area contributed by atoms with E-state index in [1.54, 1.807) is 0 Å². The number of hydrogen-bond donors (Lipinski definition) is 1. The van der Waals surface area contributed by atoms with Crippen molar-refractivity contribution in [2.24, 2.45) is 0 Å². The number of aliphatic hydroxyl groups excluding tert-OH is 1. The van der Waals surface area contributed by atoms with Gasteiger partial charge in [-0.25, -0.2) is 0 Å². The van der Waals surface area contributed by atoms with E-state index in [1.165, 1.54) is 37.1 Å². The van der Waals surface area contributed by atoms with Crippen LogP contribution in [0.2, 0.25) is 0 Å². The third kappa shape index (κ3) is 5.15. The minimum absolute atomic E-state index is 0.200. The van der Waals surface area contributed by atoms with E-state index in [1.807, 2.05) is 12.1 Å². The minimum Gasteiger partial charge on any atom is -0.385 e. The summed E-state index contributed by atoms with van der Waals surface area (Å²) in [7, 11) is 2.24. The molecule has 25 heavy (non-hydrogen) atoms. The molecule has 1 aliphatic rings. The molecule has 0 spiro atoms. The van der Waals surface area contributed by atoms with E-state index in [-0.39, 0.29) is 5.92 Å². The summed E-state index contributed by atoms with van der Waals surface area (Å²) in [5, 5.41) is 10.4. The van der Waals surface area contributed by atoms with E-state index in [4.69, 9.17) is 4.74 Å². The van der Waals surface area contributed by atoms with Gasteiger partial charge in [-0.05, 0) is 11.1 Å². The molecule has 0 bridgehead atoms. The molecule has 3 rings (SSSR count). The smallest absolute Gasteiger partial charge is 0.126 e. The van der Waals surface area contributed by atoms with Crippen molar-refractivity contribution in [1.82, 2.24) is 0 Å². The van der Waals surface area contributed by atoms with Crippen LogP contribution in [0.3, 0.4) is 0 Å². The normalized spacial score (nSPS) is 17.7. The Morgan fingerprint density at radius 2 is 1.40 bits per heavy atom. The van der Waals surface area contributed by atoms with Crippen LogP contribution in [0, 0.1) is 0 Å². The lowest BCUT2D eigenvalue weighted by Gasteiger charge is -2.31. The van der Waals surface area contributed by atoms with Gasteiger partial charge in [-0.15, -0.1) is 0 Å². The number of aliphatic hydroxyl groups is 1. The molecule has 3 nitrogen and oxygen atoms in total. The van der Waals surface area contributed by atoms with Crippen LogP contribution in [0.5, 0.6) is 0 Å². The number of nitrogens with zero attached hydrogens (tertiary/aromatic N) is 1. The van der Waals surface area contributed by atoms with Crippen LogP contribution in [-0.4, -0.2) is 55.6 Å². The van der Waals surface area contributed by atoms with Gasteiger partial charge in [0.25, 0.3) is 0 Å². The van der Waals surface area contributed by atoms with Crippen LogP contribution in [0.15, 0.2) is 60.7 Å². The van der Waals surface area contributed by atoms with Gasteiger partial charge in [0.05, 0.1) is 33.4 Å². The van der Waals surface area contributed by atoms with Crippen molar-refractivity contribution < 1.29 is 14.3 Å². The third-order valence-electron chi connectivity index (χ3n) is 5.30. The van der Waals surface area contributed by atoms with Gasteiger partial charge >= 0.3 is 0 Å². The number of likely N-dealkylation sites (tertiary alicyclic amines) is 1. The van der Waals surface area contributed by atoms with Gasteiger partial charge in [-0.1, -0.05) is 60.7 Å². The average Bonchev–Trinajstić information content (AvgIpc) is 3.06. The van der Waals surface area contributed by atoms with Gasteiger partial charge in [0.1, 0.15) is 12.6 Å². The van der Waals surface area contributed by atoms with Crippen molar-refractivity contribution in [3.8, 4) is 0 Å². The molecule has 1 heterocycles. The van der Waals surface area contributed by atoms with Crippen LogP contribution in [0.4, 0.5) is 0 Å². The first-order valence-electron chi connectivity index (χ1n) is 9.35. The van der Waals surface area contributed by atoms with E-state index in [2.05, 4.69) is 55.6 Å². The van der Waals surface area contributed by atoms with Crippen LogP contribution in [0.1, 0.15) is 29.9 Å². The summed E-state index contributed by atoms with van der Waals surface area (Å²) in [4.78, 5) is 0. The molecule has 0 radical (unpaired) electrons. The zero-order chi connectivity index (χ0) is 17.5. The Hall–Kier alpha value is -1.68. The first-order valence-corrected chi connectivity index (χ1v) is 9.35. The summed E-state index contributed by atoms with van der Waals surface area (Å²) in [6.07, 6.45) is 2.15. The molecule has 1 aliphatic heterocycles. The molecule has 3 heteroatoms. The fraction of sp³-hybridized carbons (Fsp3) is 0.455. The van der Waals surface area contributed by atoms with Crippen molar-refractivity contribution in [2.75, 3.05) is 39.9 Å². The second kappa shape index (κ2) is 8.61. The minimum atomic E-state index is -0.393. The zero-order valence-corrected chi connectivity index (χ0v) is 15.2. The SMILES string of the molecule is C[N+]1(CC(O)COCC(c2ccccc2)c2ccccc2)CCCC1. The summed E-state index contributed by atoms with van der Waals surface area (Å²) in [6.45, 7) is 4.14. The molecule has 0 amide bonds. The van der Waals surface area contributed by atoms with E-state index in [0.717, 1.165) is 11.0 Å². The Morgan fingerprint density at radius 1 is 0.880 bits per heavy atom. The molecule has 1 atom stereocenters. The fourth-order valence-corrected chi connectivity index (χ4v) is 3.92. The average molecular weight is 340 g/mol. The van der Waals surface area contributed by atoms with Crippen molar-refractivity contribution in [3.05, 3.63) is 71.8 Å². The number of rotatable bonds is 8. The maximum absolute atomic E-state index is 10.4. The molecule has 2 aromatic carbocycles. The Kier molecular flexibility index (Phi) is 6.24. The lowest BCUT2D eigenvalue weighted by atomic mass is 9.92. The molecule has 0 saturated carbocycles. The summed E-state index contributed by atoms with van der Waals surface area (Å²) >= 11 is 0. The first kappa shape index (κ1) is 18.1. The monoisotopic (exact) mass is 340 g/mol. The Labute approximate surface area is 151 Å². The van der Waals surface area contributed by atoms with Crippen LogP contribution in [0.25, 0.3) is 0 Å². The molecular weight excluding hydrogens is 310 g/mol. The van der Waals surface area contributed by atoms with Crippen LogP contribution >= 0.6 is 0 Å². The quantitative estimate of drug-likeness (QED) is 0.746. The van der Waals surface area contributed by atoms with E-state index in [0.29, 0.717) is 13.2 Å². The largest absolute Gasteiger partial charge is 0.385 e. The number of benzene rings is 2. The highest BCUT2D eigenvalue weighted by atomic mass is 16.5. The molecule has 134 valence electrons. The number of hydrogen-bond acceptors (Lipinski definition) is 2. The predicted molar refractivity (Wildman–Crippen MR) is 102 cm³/mol. The van der Waals surface area contributed by atoms with Gasteiger partial charge in [-0.3, -0.25) is 0 Å². The first-order chi connectivity index (χ1) is 12.2. The van der Waals surface area contributed by atoms with Gasteiger partial charge in [-0.2, -0.15) is 0 Å². The van der Waals surface area contributed by atoms with Crippen molar-refractivity contribution in [3.63, 3.8) is 0 Å².